The van der Waals surface area contributed by atoms with Crippen molar-refractivity contribution in [2.45, 2.75) is 16.7 Å². The number of thioether (sulfide) groups is 1. The maximum atomic E-state index is 12.7. The maximum absolute atomic E-state index is 12.7. The number of H-pyrrole nitrogens is 1. The molecule has 1 aromatic carbocycles. The number of aromatic nitrogens is 2. The summed E-state index contributed by atoms with van der Waals surface area (Å²) in [5, 5.41) is 6.48. The number of rotatable bonds is 2. The first-order valence-corrected chi connectivity index (χ1v) is 8.28. The Kier molecular flexibility index (Phi) is 3.02. The highest BCUT2D eigenvalue weighted by Gasteiger charge is 2.31. The van der Waals surface area contributed by atoms with Crippen LogP contribution in [0.15, 0.2) is 40.3 Å². The van der Waals surface area contributed by atoms with Crippen LogP contribution in [0.5, 0.6) is 0 Å². The number of anilines is 1. The Morgan fingerprint density at radius 3 is 2.89 bits per heavy atom. The van der Waals surface area contributed by atoms with Crippen LogP contribution in [0.3, 0.4) is 0 Å². The SMILES string of the molecule is Cc1[nH]ncc1S(=O)(=O)N1CCSc2ccccc21. The zero-order chi connectivity index (χ0) is 13.5. The molecule has 0 atom stereocenters. The minimum absolute atomic E-state index is 0.245. The van der Waals surface area contributed by atoms with Crippen LogP contribution in [0.4, 0.5) is 5.69 Å². The molecule has 3 rings (SSSR count). The Morgan fingerprint density at radius 1 is 1.37 bits per heavy atom. The van der Waals surface area contributed by atoms with Crippen LogP contribution in [0.25, 0.3) is 0 Å². The summed E-state index contributed by atoms with van der Waals surface area (Å²) >= 11 is 1.68. The van der Waals surface area contributed by atoms with E-state index in [1.54, 1.807) is 18.7 Å². The highest BCUT2D eigenvalue weighted by molar-refractivity contribution is 8.00. The largest absolute Gasteiger partial charge is 0.281 e. The van der Waals surface area contributed by atoms with Crippen molar-refractivity contribution < 1.29 is 8.42 Å². The number of nitrogens with one attached hydrogen (secondary N) is 1. The molecule has 0 saturated heterocycles. The van der Waals surface area contributed by atoms with Crippen molar-refractivity contribution >= 4 is 27.5 Å². The molecule has 0 radical (unpaired) electrons. The molecule has 2 aromatic rings. The standard InChI is InChI=1S/C12H13N3O2S2/c1-9-12(8-13-14-9)19(16,17)15-6-7-18-11-5-3-2-4-10(11)15/h2-5,8H,6-7H2,1H3,(H,13,14). The second-order valence-electron chi connectivity index (χ2n) is 4.25. The number of aryl methyl sites for hydroxylation is 1. The van der Waals surface area contributed by atoms with E-state index >= 15 is 0 Å². The van der Waals surface area contributed by atoms with Gasteiger partial charge in [-0.2, -0.15) is 5.10 Å². The Labute approximate surface area is 116 Å². The minimum Gasteiger partial charge on any atom is -0.281 e. The molecule has 0 aliphatic carbocycles. The molecular formula is C12H13N3O2S2. The summed E-state index contributed by atoms with van der Waals surface area (Å²) in [4.78, 5) is 1.24. The highest BCUT2D eigenvalue weighted by atomic mass is 32.2. The summed E-state index contributed by atoms with van der Waals surface area (Å²) in [6.45, 7) is 2.19. The molecule has 1 N–H and O–H groups in total. The summed E-state index contributed by atoms with van der Waals surface area (Å²) < 4.78 is 26.8. The molecule has 1 aliphatic rings. The van der Waals surface area contributed by atoms with Gasteiger partial charge in [0, 0.05) is 17.2 Å². The van der Waals surface area contributed by atoms with Gasteiger partial charge in [0.05, 0.1) is 17.6 Å². The van der Waals surface area contributed by atoms with Gasteiger partial charge in [-0.25, -0.2) is 8.42 Å². The summed E-state index contributed by atoms with van der Waals surface area (Å²) in [5.41, 5.74) is 1.31. The number of benzene rings is 1. The molecule has 5 nitrogen and oxygen atoms in total. The normalized spacial score (nSPS) is 15.3. The average molecular weight is 295 g/mol. The Hall–Kier alpha value is -1.47. The Morgan fingerprint density at radius 2 is 2.16 bits per heavy atom. The smallest absolute Gasteiger partial charge is 0.267 e. The number of nitrogens with zero attached hydrogens (tertiary/aromatic N) is 2. The molecule has 2 heterocycles. The number of aromatic amines is 1. The van der Waals surface area contributed by atoms with Crippen LogP contribution in [-0.4, -0.2) is 30.9 Å². The molecule has 100 valence electrons. The van der Waals surface area contributed by atoms with Gasteiger partial charge in [-0.05, 0) is 19.1 Å². The number of fused-ring (bicyclic) bond motifs is 1. The Bertz CT molecular complexity index is 709. The quantitative estimate of drug-likeness (QED) is 0.920. The summed E-state index contributed by atoms with van der Waals surface area (Å²) in [6.07, 6.45) is 1.37. The third-order valence-electron chi connectivity index (χ3n) is 3.04. The third kappa shape index (κ3) is 2.02. The predicted octanol–water partition coefficient (Wildman–Crippen LogP) is 2.02. The monoisotopic (exact) mass is 295 g/mol. The van der Waals surface area contributed by atoms with Gasteiger partial charge in [0.15, 0.2) is 0 Å². The van der Waals surface area contributed by atoms with Gasteiger partial charge in [-0.3, -0.25) is 9.40 Å². The van der Waals surface area contributed by atoms with Gasteiger partial charge in [-0.1, -0.05) is 12.1 Å². The molecular weight excluding hydrogens is 282 g/mol. The second kappa shape index (κ2) is 4.57. The molecule has 1 aromatic heterocycles. The van der Waals surface area contributed by atoms with Gasteiger partial charge >= 0.3 is 0 Å². The van der Waals surface area contributed by atoms with E-state index in [2.05, 4.69) is 10.2 Å². The molecule has 0 amide bonds. The van der Waals surface area contributed by atoms with Crippen molar-refractivity contribution in [3.8, 4) is 0 Å². The molecule has 19 heavy (non-hydrogen) atoms. The van der Waals surface area contributed by atoms with Gasteiger partial charge < -0.3 is 0 Å². The van der Waals surface area contributed by atoms with Gasteiger partial charge in [0.2, 0.25) is 0 Å². The lowest BCUT2D eigenvalue weighted by atomic mass is 10.3. The molecule has 7 heteroatoms. The van der Waals surface area contributed by atoms with E-state index < -0.39 is 10.0 Å². The fourth-order valence-electron chi connectivity index (χ4n) is 2.11. The molecule has 1 aliphatic heterocycles. The van der Waals surface area contributed by atoms with Crippen LogP contribution in [-0.2, 0) is 10.0 Å². The lowest BCUT2D eigenvalue weighted by Gasteiger charge is -2.29. The van der Waals surface area contributed by atoms with Gasteiger partial charge in [0.25, 0.3) is 10.0 Å². The van der Waals surface area contributed by atoms with Crippen LogP contribution >= 0.6 is 11.8 Å². The first-order valence-electron chi connectivity index (χ1n) is 5.85. The van der Waals surface area contributed by atoms with Crippen LogP contribution in [0.2, 0.25) is 0 Å². The van der Waals surface area contributed by atoms with Crippen molar-refractivity contribution in [1.82, 2.24) is 10.2 Å². The van der Waals surface area contributed by atoms with Crippen molar-refractivity contribution in [2.75, 3.05) is 16.6 Å². The molecule has 0 saturated carbocycles. The van der Waals surface area contributed by atoms with Gasteiger partial charge in [0.1, 0.15) is 4.90 Å². The lowest BCUT2D eigenvalue weighted by Crippen LogP contribution is -2.35. The van der Waals surface area contributed by atoms with Crippen molar-refractivity contribution in [1.29, 1.82) is 0 Å². The topological polar surface area (TPSA) is 66.1 Å². The summed E-state index contributed by atoms with van der Waals surface area (Å²) in [6, 6.07) is 7.57. The molecule has 0 spiro atoms. The van der Waals surface area contributed by atoms with E-state index in [1.165, 1.54) is 10.5 Å². The molecule has 0 bridgehead atoms. The van der Waals surface area contributed by atoms with Crippen molar-refractivity contribution in [3.63, 3.8) is 0 Å². The number of para-hydroxylation sites is 1. The first kappa shape index (κ1) is 12.6. The zero-order valence-electron chi connectivity index (χ0n) is 10.3. The number of sulfonamides is 1. The van der Waals surface area contributed by atoms with Crippen LogP contribution in [0.1, 0.15) is 5.69 Å². The average Bonchev–Trinajstić information content (AvgIpc) is 2.85. The van der Waals surface area contributed by atoms with E-state index in [1.807, 2.05) is 24.3 Å². The first-order chi connectivity index (χ1) is 9.10. The van der Waals surface area contributed by atoms with Crippen LogP contribution < -0.4 is 4.31 Å². The fraction of sp³-hybridized carbons (Fsp3) is 0.250. The van der Waals surface area contributed by atoms with E-state index in [9.17, 15) is 8.42 Å². The number of hydrogen-bond donors (Lipinski definition) is 1. The molecule has 0 unspecified atom stereocenters. The Balaban J connectivity index is 2.12. The maximum Gasteiger partial charge on any atom is 0.267 e. The predicted molar refractivity (Wildman–Crippen MR) is 75.0 cm³/mol. The van der Waals surface area contributed by atoms with Crippen molar-refractivity contribution in [3.05, 3.63) is 36.2 Å². The minimum atomic E-state index is -3.54. The summed E-state index contributed by atoms with van der Waals surface area (Å²) in [5.74, 6) is 0.757. The lowest BCUT2D eigenvalue weighted by molar-refractivity contribution is 0.591. The number of hydrogen-bond acceptors (Lipinski definition) is 4. The summed E-state index contributed by atoms with van der Waals surface area (Å²) in [7, 11) is -3.54. The fourth-order valence-corrected chi connectivity index (χ4v) is 4.89. The van der Waals surface area contributed by atoms with E-state index in [0.29, 0.717) is 12.2 Å². The molecule has 0 fully saturated rings. The van der Waals surface area contributed by atoms with E-state index in [4.69, 9.17) is 0 Å². The zero-order valence-corrected chi connectivity index (χ0v) is 12.0. The van der Waals surface area contributed by atoms with Crippen molar-refractivity contribution in [2.24, 2.45) is 0 Å². The van der Waals surface area contributed by atoms with E-state index in [0.717, 1.165) is 16.3 Å². The van der Waals surface area contributed by atoms with E-state index in [-0.39, 0.29) is 4.90 Å². The third-order valence-corrected chi connectivity index (χ3v) is 6.01. The van der Waals surface area contributed by atoms with Crippen LogP contribution in [0, 0.1) is 6.92 Å². The highest BCUT2D eigenvalue weighted by Crippen LogP contribution is 2.37. The van der Waals surface area contributed by atoms with Gasteiger partial charge in [-0.15, -0.1) is 11.8 Å². The second-order valence-corrected chi connectivity index (χ2v) is 7.22.